The van der Waals surface area contributed by atoms with E-state index in [0.29, 0.717) is 16.6 Å². The van der Waals surface area contributed by atoms with E-state index in [2.05, 4.69) is 4.98 Å². The third kappa shape index (κ3) is 2.28. The van der Waals surface area contributed by atoms with Crippen LogP contribution in [0, 0.1) is 17.5 Å². The van der Waals surface area contributed by atoms with Gasteiger partial charge < -0.3 is 5.73 Å². The highest BCUT2D eigenvalue weighted by molar-refractivity contribution is 7.16. The van der Waals surface area contributed by atoms with Gasteiger partial charge in [-0.05, 0) is 25.0 Å². The summed E-state index contributed by atoms with van der Waals surface area (Å²) in [6, 6.07) is 1.87. The van der Waals surface area contributed by atoms with Gasteiger partial charge in [0.15, 0.2) is 17.5 Å². The third-order valence-electron chi connectivity index (χ3n) is 3.63. The van der Waals surface area contributed by atoms with Crippen molar-refractivity contribution < 1.29 is 13.2 Å². The summed E-state index contributed by atoms with van der Waals surface area (Å²) in [5.41, 5.74) is 6.42. The van der Waals surface area contributed by atoms with Crippen molar-refractivity contribution in [3.63, 3.8) is 0 Å². The maximum Gasteiger partial charge on any atom is 0.194 e. The van der Waals surface area contributed by atoms with E-state index in [1.165, 1.54) is 24.2 Å². The molecule has 0 radical (unpaired) electrons. The van der Waals surface area contributed by atoms with Crippen LogP contribution >= 0.6 is 11.3 Å². The van der Waals surface area contributed by atoms with Crippen LogP contribution in [-0.2, 0) is 0 Å². The molecule has 0 unspecified atom stereocenters. The topological polar surface area (TPSA) is 38.9 Å². The Morgan fingerprint density at radius 1 is 1.10 bits per heavy atom. The molecule has 0 aliphatic heterocycles. The lowest BCUT2D eigenvalue weighted by Gasteiger charge is -2.03. The number of thiazole rings is 1. The van der Waals surface area contributed by atoms with Crippen molar-refractivity contribution in [3.8, 4) is 11.3 Å². The Morgan fingerprint density at radius 2 is 1.70 bits per heavy atom. The van der Waals surface area contributed by atoms with Crippen LogP contribution in [0.25, 0.3) is 11.3 Å². The number of benzene rings is 1. The van der Waals surface area contributed by atoms with Gasteiger partial charge in [0.05, 0.1) is 5.01 Å². The van der Waals surface area contributed by atoms with E-state index in [0.717, 1.165) is 30.0 Å². The molecule has 2 N–H and O–H groups in total. The summed E-state index contributed by atoms with van der Waals surface area (Å²) in [5, 5.41) is 1.32. The summed E-state index contributed by atoms with van der Waals surface area (Å²) >= 11 is 1.35. The van der Waals surface area contributed by atoms with Gasteiger partial charge in [0, 0.05) is 11.5 Å². The Bertz CT molecular complexity index is 625. The van der Waals surface area contributed by atoms with Gasteiger partial charge in [0.25, 0.3) is 0 Å². The summed E-state index contributed by atoms with van der Waals surface area (Å²) in [7, 11) is 0. The van der Waals surface area contributed by atoms with E-state index in [-0.39, 0.29) is 5.56 Å². The quantitative estimate of drug-likeness (QED) is 0.831. The summed E-state index contributed by atoms with van der Waals surface area (Å²) in [4.78, 5) is 4.41. The molecule has 0 amide bonds. The van der Waals surface area contributed by atoms with Gasteiger partial charge in [-0.3, -0.25) is 0 Å². The smallest absolute Gasteiger partial charge is 0.194 e. The van der Waals surface area contributed by atoms with Crippen molar-refractivity contribution in [2.75, 3.05) is 5.73 Å². The molecular formula is C14H13F3N2S. The Kier molecular flexibility index (Phi) is 3.41. The predicted molar refractivity (Wildman–Crippen MR) is 73.0 cm³/mol. The van der Waals surface area contributed by atoms with Gasteiger partial charge in [-0.25, -0.2) is 18.2 Å². The Labute approximate surface area is 118 Å². The average Bonchev–Trinajstić information content (AvgIpc) is 3.04. The van der Waals surface area contributed by atoms with Crippen LogP contribution in [0.15, 0.2) is 12.1 Å². The zero-order valence-corrected chi connectivity index (χ0v) is 11.4. The number of anilines is 1. The van der Waals surface area contributed by atoms with Crippen molar-refractivity contribution in [1.29, 1.82) is 0 Å². The molecule has 0 bridgehead atoms. The van der Waals surface area contributed by atoms with Crippen LogP contribution in [0.2, 0.25) is 0 Å². The highest BCUT2D eigenvalue weighted by Crippen LogP contribution is 2.40. The number of rotatable bonds is 2. The van der Waals surface area contributed by atoms with Gasteiger partial charge in [0.2, 0.25) is 0 Å². The summed E-state index contributed by atoms with van der Waals surface area (Å²) < 4.78 is 39.5. The Morgan fingerprint density at radius 3 is 2.30 bits per heavy atom. The monoisotopic (exact) mass is 298 g/mol. The number of aromatic nitrogens is 1. The molecule has 0 saturated heterocycles. The van der Waals surface area contributed by atoms with Crippen LogP contribution in [-0.4, -0.2) is 4.98 Å². The van der Waals surface area contributed by atoms with E-state index in [9.17, 15) is 13.2 Å². The van der Waals surface area contributed by atoms with E-state index >= 15 is 0 Å². The molecule has 1 aromatic heterocycles. The molecule has 20 heavy (non-hydrogen) atoms. The molecule has 1 aliphatic rings. The number of nitrogens with two attached hydrogens (primary N) is 1. The molecule has 1 aliphatic carbocycles. The Balaban J connectivity index is 2.01. The van der Waals surface area contributed by atoms with Crippen LogP contribution in [0.3, 0.4) is 0 Å². The minimum atomic E-state index is -1.47. The first-order valence-electron chi connectivity index (χ1n) is 6.47. The molecule has 6 heteroatoms. The number of halogens is 3. The zero-order valence-electron chi connectivity index (χ0n) is 10.6. The second kappa shape index (κ2) is 5.09. The van der Waals surface area contributed by atoms with E-state index in [4.69, 9.17) is 5.73 Å². The molecular weight excluding hydrogens is 285 g/mol. The first kappa shape index (κ1) is 13.4. The summed E-state index contributed by atoms with van der Waals surface area (Å²) in [5.74, 6) is -3.55. The highest BCUT2D eigenvalue weighted by Gasteiger charge is 2.23. The van der Waals surface area contributed by atoms with Gasteiger partial charge in [0.1, 0.15) is 10.7 Å². The second-order valence-corrected chi connectivity index (χ2v) is 6.06. The SMILES string of the molecule is Nc1sc(C2CCCC2)nc1-c1cc(F)c(F)c(F)c1. The molecule has 0 atom stereocenters. The minimum absolute atomic E-state index is 0.180. The standard InChI is InChI=1S/C14H13F3N2S/c15-9-5-8(6-10(16)11(9)17)12-13(18)20-14(19-12)7-3-1-2-4-7/h5-7H,1-4,18H2. The molecule has 2 nitrogen and oxygen atoms in total. The van der Waals surface area contributed by atoms with Crippen LogP contribution in [0.5, 0.6) is 0 Å². The van der Waals surface area contributed by atoms with Gasteiger partial charge in [-0.1, -0.05) is 12.8 Å². The van der Waals surface area contributed by atoms with E-state index < -0.39 is 17.5 Å². The molecule has 1 saturated carbocycles. The number of nitrogens with zero attached hydrogens (tertiary/aromatic N) is 1. The molecule has 1 heterocycles. The van der Waals surface area contributed by atoms with Crippen molar-refractivity contribution >= 4 is 16.3 Å². The first-order valence-corrected chi connectivity index (χ1v) is 7.29. The number of nitrogen functional groups attached to an aromatic ring is 1. The van der Waals surface area contributed by atoms with Crippen molar-refractivity contribution in [2.24, 2.45) is 0 Å². The van der Waals surface area contributed by atoms with Gasteiger partial charge in [-0.15, -0.1) is 11.3 Å². The van der Waals surface area contributed by atoms with E-state index in [1.807, 2.05) is 0 Å². The summed E-state index contributed by atoms with van der Waals surface area (Å²) in [6.07, 6.45) is 4.47. The van der Waals surface area contributed by atoms with Crippen LogP contribution < -0.4 is 5.73 Å². The predicted octanol–water partition coefficient (Wildman–Crippen LogP) is 4.47. The lowest BCUT2D eigenvalue weighted by molar-refractivity contribution is 0.447. The van der Waals surface area contributed by atoms with Crippen molar-refractivity contribution in [3.05, 3.63) is 34.6 Å². The van der Waals surface area contributed by atoms with Gasteiger partial charge >= 0.3 is 0 Å². The molecule has 0 spiro atoms. The maximum atomic E-state index is 13.3. The second-order valence-electron chi connectivity index (χ2n) is 5.00. The average molecular weight is 298 g/mol. The molecule has 3 rings (SSSR count). The zero-order chi connectivity index (χ0) is 14.3. The van der Waals surface area contributed by atoms with Crippen molar-refractivity contribution in [2.45, 2.75) is 31.6 Å². The minimum Gasteiger partial charge on any atom is -0.389 e. The Hall–Kier alpha value is -1.56. The fraction of sp³-hybridized carbons (Fsp3) is 0.357. The number of hydrogen-bond acceptors (Lipinski definition) is 3. The highest BCUT2D eigenvalue weighted by atomic mass is 32.1. The van der Waals surface area contributed by atoms with Crippen LogP contribution in [0.1, 0.15) is 36.6 Å². The first-order chi connectivity index (χ1) is 9.56. The van der Waals surface area contributed by atoms with Crippen molar-refractivity contribution in [1.82, 2.24) is 4.98 Å². The third-order valence-corrected chi connectivity index (χ3v) is 4.68. The largest absolute Gasteiger partial charge is 0.389 e. The fourth-order valence-corrected chi connectivity index (χ4v) is 3.62. The van der Waals surface area contributed by atoms with Crippen LogP contribution in [0.4, 0.5) is 18.2 Å². The summed E-state index contributed by atoms with van der Waals surface area (Å²) in [6.45, 7) is 0. The normalized spacial score (nSPS) is 15.9. The van der Waals surface area contributed by atoms with E-state index in [1.54, 1.807) is 0 Å². The molecule has 2 aromatic rings. The molecule has 106 valence electrons. The molecule has 1 fully saturated rings. The lowest BCUT2D eigenvalue weighted by Crippen LogP contribution is -1.95. The molecule has 1 aromatic carbocycles. The lowest BCUT2D eigenvalue weighted by atomic mass is 10.1. The maximum absolute atomic E-state index is 13.3. The van der Waals surface area contributed by atoms with Gasteiger partial charge in [-0.2, -0.15) is 0 Å². The number of hydrogen-bond donors (Lipinski definition) is 1. The fourth-order valence-electron chi connectivity index (χ4n) is 2.60.